The van der Waals surface area contributed by atoms with Crippen LogP contribution in [0.2, 0.25) is 0 Å². The van der Waals surface area contributed by atoms with Crippen LogP contribution in [-0.4, -0.2) is 28.9 Å². The molecule has 26 heavy (non-hydrogen) atoms. The summed E-state index contributed by atoms with van der Waals surface area (Å²) in [6.07, 6.45) is -0.947. The van der Waals surface area contributed by atoms with Crippen LogP contribution in [0.25, 0.3) is 0 Å². The van der Waals surface area contributed by atoms with Gasteiger partial charge in [0.1, 0.15) is 0 Å². The van der Waals surface area contributed by atoms with Gasteiger partial charge in [0.05, 0.1) is 18.7 Å². The van der Waals surface area contributed by atoms with Gasteiger partial charge in [-0.2, -0.15) is 0 Å². The molecule has 0 aliphatic carbocycles. The zero-order valence-electron chi connectivity index (χ0n) is 14.8. The van der Waals surface area contributed by atoms with Gasteiger partial charge in [0.25, 0.3) is 5.91 Å². The highest BCUT2D eigenvalue weighted by Crippen LogP contribution is 2.17. The van der Waals surface area contributed by atoms with E-state index in [0.717, 1.165) is 4.88 Å². The molecule has 0 aliphatic heterocycles. The van der Waals surface area contributed by atoms with Gasteiger partial charge in [-0.15, -0.1) is 22.7 Å². The topological polar surface area (TPSA) is 97.4 Å². The number of aromatic nitrogens is 1. The van der Waals surface area contributed by atoms with E-state index < -0.39 is 12.1 Å². The number of hydrogen-bond donors (Lipinski definition) is 2. The highest BCUT2D eigenvalue weighted by atomic mass is 32.1. The van der Waals surface area contributed by atoms with E-state index >= 15 is 0 Å². The summed E-state index contributed by atoms with van der Waals surface area (Å²) in [4.78, 5) is 40.8. The van der Waals surface area contributed by atoms with Gasteiger partial charge in [-0.05, 0) is 18.4 Å². The predicted molar refractivity (Wildman–Crippen MR) is 101 cm³/mol. The fraction of sp³-hybridized carbons (Fsp3) is 0.412. The van der Waals surface area contributed by atoms with E-state index in [1.165, 1.54) is 18.3 Å². The number of amides is 2. The molecular formula is C17H21N3O4S2. The maximum atomic E-state index is 12.0. The van der Waals surface area contributed by atoms with Gasteiger partial charge >= 0.3 is 5.97 Å². The number of thiophene rings is 1. The molecule has 2 N–H and O–H groups in total. The first kappa shape index (κ1) is 20.1. The van der Waals surface area contributed by atoms with Gasteiger partial charge in [-0.25, -0.2) is 4.98 Å². The highest BCUT2D eigenvalue weighted by molar-refractivity contribution is 7.14. The van der Waals surface area contributed by atoms with Gasteiger partial charge in [-0.3, -0.25) is 14.4 Å². The third kappa shape index (κ3) is 6.23. The summed E-state index contributed by atoms with van der Waals surface area (Å²) in [6, 6.07) is 3.82. The number of carbonyl (C=O) groups excluding carboxylic acids is 3. The highest BCUT2D eigenvalue weighted by Gasteiger charge is 2.19. The molecule has 2 rings (SSSR count). The van der Waals surface area contributed by atoms with E-state index in [1.54, 1.807) is 30.6 Å². The first-order chi connectivity index (χ1) is 12.3. The quantitative estimate of drug-likeness (QED) is 0.670. The van der Waals surface area contributed by atoms with E-state index in [0.29, 0.717) is 17.4 Å². The number of rotatable bonds is 8. The number of anilines is 1. The van der Waals surface area contributed by atoms with Crippen molar-refractivity contribution in [1.82, 2.24) is 10.3 Å². The standard InChI is InChI=1S/C17H21N3O4S2/c1-10(2)15(22)20-17-19-12(9-26-17)7-14(21)24-11(3)16(23)18-8-13-5-4-6-25-13/h4-6,9-11H,7-8H2,1-3H3,(H,18,23)(H,19,20,22)/t11-/m1/s1. The van der Waals surface area contributed by atoms with Crippen LogP contribution in [0.5, 0.6) is 0 Å². The zero-order chi connectivity index (χ0) is 19.1. The number of nitrogens with one attached hydrogen (secondary N) is 2. The molecule has 7 nitrogen and oxygen atoms in total. The Hall–Kier alpha value is -2.26. The molecule has 9 heteroatoms. The lowest BCUT2D eigenvalue weighted by Crippen LogP contribution is -2.35. The molecular weight excluding hydrogens is 374 g/mol. The molecule has 1 atom stereocenters. The van der Waals surface area contributed by atoms with Crippen molar-refractivity contribution in [2.24, 2.45) is 5.92 Å². The molecule has 2 aromatic rings. The molecule has 0 aliphatic rings. The second kappa shape index (κ2) is 9.44. The fourth-order valence-electron chi connectivity index (χ4n) is 1.87. The summed E-state index contributed by atoms with van der Waals surface area (Å²) >= 11 is 2.78. The molecule has 2 heterocycles. The molecule has 0 unspecified atom stereocenters. The Balaban J connectivity index is 1.77. The maximum absolute atomic E-state index is 12.0. The molecule has 0 aromatic carbocycles. The molecule has 0 saturated heterocycles. The summed E-state index contributed by atoms with van der Waals surface area (Å²) in [6.45, 7) is 5.50. The summed E-state index contributed by atoms with van der Waals surface area (Å²) in [5, 5.41) is 9.45. The fourth-order valence-corrected chi connectivity index (χ4v) is 3.22. The smallest absolute Gasteiger partial charge is 0.312 e. The number of ether oxygens (including phenoxy) is 1. The van der Waals surface area contributed by atoms with E-state index in [1.807, 2.05) is 17.5 Å². The molecule has 2 amide bonds. The van der Waals surface area contributed by atoms with E-state index in [2.05, 4.69) is 15.6 Å². The summed E-state index contributed by atoms with van der Waals surface area (Å²) < 4.78 is 5.14. The number of nitrogens with zero attached hydrogens (tertiary/aromatic N) is 1. The predicted octanol–water partition coefficient (Wildman–Crippen LogP) is 2.59. The molecule has 140 valence electrons. The van der Waals surface area contributed by atoms with Gasteiger partial charge in [0.2, 0.25) is 5.91 Å². The lowest BCUT2D eigenvalue weighted by Gasteiger charge is -2.12. The minimum absolute atomic E-state index is 0.0589. The summed E-state index contributed by atoms with van der Waals surface area (Å²) in [5.41, 5.74) is 0.491. The Labute approximate surface area is 159 Å². The van der Waals surface area contributed by atoms with Crippen LogP contribution in [0.4, 0.5) is 5.13 Å². The second-order valence-electron chi connectivity index (χ2n) is 5.89. The van der Waals surface area contributed by atoms with Gasteiger partial charge in [0.15, 0.2) is 11.2 Å². The van der Waals surface area contributed by atoms with Crippen LogP contribution in [-0.2, 0) is 32.1 Å². The zero-order valence-corrected chi connectivity index (χ0v) is 16.4. The molecule has 0 bridgehead atoms. The Morgan fingerprint density at radius 3 is 2.62 bits per heavy atom. The Bertz CT molecular complexity index is 756. The summed E-state index contributed by atoms with van der Waals surface area (Å²) in [7, 11) is 0. The van der Waals surface area contributed by atoms with Crippen LogP contribution in [0.1, 0.15) is 31.3 Å². The van der Waals surface area contributed by atoms with Crippen molar-refractivity contribution in [2.75, 3.05) is 5.32 Å². The van der Waals surface area contributed by atoms with Crippen LogP contribution >= 0.6 is 22.7 Å². The lowest BCUT2D eigenvalue weighted by molar-refractivity contribution is -0.154. The Kier molecular flexibility index (Phi) is 7.28. The first-order valence-electron chi connectivity index (χ1n) is 8.10. The lowest BCUT2D eigenvalue weighted by atomic mass is 10.2. The number of thiazole rings is 1. The van der Waals surface area contributed by atoms with Crippen LogP contribution < -0.4 is 10.6 Å². The van der Waals surface area contributed by atoms with Crippen LogP contribution in [0.15, 0.2) is 22.9 Å². The van der Waals surface area contributed by atoms with E-state index in [-0.39, 0.29) is 24.2 Å². The van der Waals surface area contributed by atoms with Gasteiger partial charge < -0.3 is 15.4 Å². The van der Waals surface area contributed by atoms with E-state index in [9.17, 15) is 14.4 Å². The largest absolute Gasteiger partial charge is 0.452 e. The SMILES string of the molecule is CC(C)C(=O)Nc1nc(CC(=O)O[C@H](C)C(=O)NCc2cccs2)cs1. The molecule has 0 saturated carbocycles. The van der Waals surface area contributed by atoms with Crippen molar-refractivity contribution in [2.45, 2.75) is 39.8 Å². The summed E-state index contributed by atoms with van der Waals surface area (Å²) in [5.74, 6) is -1.18. The van der Waals surface area contributed by atoms with Crippen LogP contribution in [0.3, 0.4) is 0 Å². The Morgan fingerprint density at radius 2 is 1.96 bits per heavy atom. The number of esters is 1. The minimum Gasteiger partial charge on any atom is -0.452 e. The molecule has 0 radical (unpaired) electrons. The normalized spacial score (nSPS) is 11.8. The van der Waals surface area contributed by atoms with Crippen molar-refractivity contribution in [1.29, 1.82) is 0 Å². The number of hydrogen-bond acceptors (Lipinski definition) is 7. The average Bonchev–Trinajstić information content (AvgIpc) is 3.24. The monoisotopic (exact) mass is 395 g/mol. The maximum Gasteiger partial charge on any atom is 0.312 e. The van der Waals surface area contributed by atoms with E-state index in [4.69, 9.17) is 4.74 Å². The van der Waals surface area contributed by atoms with Crippen molar-refractivity contribution in [3.05, 3.63) is 33.5 Å². The van der Waals surface area contributed by atoms with Gasteiger partial charge in [0, 0.05) is 16.2 Å². The average molecular weight is 396 g/mol. The molecule has 0 spiro atoms. The molecule has 0 fully saturated rings. The third-order valence-electron chi connectivity index (χ3n) is 3.33. The van der Waals surface area contributed by atoms with Crippen LogP contribution in [0, 0.1) is 5.92 Å². The second-order valence-corrected chi connectivity index (χ2v) is 7.78. The first-order valence-corrected chi connectivity index (χ1v) is 9.86. The third-order valence-corrected chi connectivity index (χ3v) is 5.01. The van der Waals surface area contributed by atoms with Crippen molar-refractivity contribution >= 4 is 45.6 Å². The van der Waals surface area contributed by atoms with Gasteiger partial charge in [-0.1, -0.05) is 19.9 Å². The van der Waals surface area contributed by atoms with Crippen molar-refractivity contribution in [3.8, 4) is 0 Å². The molecule has 2 aromatic heterocycles. The minimum atomic E-state index is -0.888. The number of carbonyl (C=O) groups is 3. The Morgan fingerprint density at radius 1 is 1.19 bits per heavy atom. The van der Waals surface area contributed by atoms with Crippen molar-refractivity contribution < 1.29 is 19.1 Å². The van der Waals surface area contributed by atoms with Crippen molar-refractivity contribution in [3.63, 3.8) is 0 Å².